The lowest BCUT2D eigenvalue weighted by molar-refractivity contribution is -0.137. The number of hydrogen-bond donors (Lipinski definition) is 1. The standard InChI is InChI=1S/C8H10O4/c1-8(2)3-6(9)5(4-12-8)7(10)11/h4H,3H2,1-2H3,(H,10,11). The predicted molar refractivity (Wildman–Crippen MR) is 40.5 cm³/mol. The molecule has 1 N–H and O–H groups in total. The van der Waals surface area contributed by atoms with E-state index in [1.165, 1.54) is 0 Å². The fourth-order valence-electron chi connectivity index (χ4n) is 0.977. The van der Waals surface area contributed by atoms with Crippen LogP contribution in [0.25, 0.3) is 0 Å². The third-order valence-electron chi connectivity index (χ3n) is 1.61. The number of carbonyl (C=O) groups is 2. The lowest BCUT2D eigenvalue weighted by Crippen LogP contribution is -2.32. The molecule has 0 fully saturated rings. The second-order valence-corrected chi connectivity index (χ2v) is 3.31. The van der Waals surface area contributed by atoms with Gasteiger partial charge < -0.3 is 9.84 Å². The molecule has 0 radical (unpaired) electrons. The smallest absolute Gasteiger partial charge is 0.342 e. The van der Waals surface area contributed by atoms with Crippen LogP contribution in [0.4, 0.5) is 0 Å². The summed E-state index contributed by atoms with van der Waals surface area (Å²) in [5, 5.41) is 8.51. The van der Waals surface area contributed by atoms with Crippen LogP contribution in [0.3, 0.4) is 0 Å². The van der Waals surface area contributed by atoms with Gasteiger partial charge in [-0.3, -0.25) is 4.79 Å². The first-order valence-corrected chi connectivity index (χ1v) is 3.57. The second kappa shape index (κ2) is 2.62. The van der Waals surface area contributed by atoms with Crippen molar-refractivity contribution in [3.8, 4) is 0 Å². The Morgan fingerprint density at radius 1 is 1.67 bits per heavy atom. The number of carboxylic acids is 1. The molecule has 1 aliphatic heterocycles. The van der Waals surface area contributed by atoms with Gasteiger partial charge in [0, 0.05) is 0 Å². The van der Waals surface area contributed by atoms with Crippen molar-refractivity contribution in [2.24, 2.45) is 0 Å². The predicted octanol–water partition coefficient (Wildman–Crippen LogP) is 0.723. The Morgan fingerprint density at radius 3 is 2.67 bits per heavy atom. The summed E-state index contributed by atoms with van der Waals surface area (Å²) in [6, 6.07) is 0. The van der Waals surface area contributed by atoms with Crippen molar-refractivity contribution in [2.45, 2.75) is 25.9 Å². The Kier molecular flexibility index (Phi) is 1.92. The number of hydrogen-bond acceptors (Lipinski definition) is 3. The molecule has 4 heteroatoms. The van der Waals surface area contributed by atoms with E-state index in [9.17, 15) is 9.59 Å². The van der Waals surface area contributed by atoms with Gasteiger partial charge in [0.1, 0.15) is 17.4 Å². The summed E-state index contributed by atoms with van der Waals surface area (Å²) in [5.74, 6) is -1.60. The maximum Gasteiger partial charge on any atom is 0.342 e. The van der Waals surface area contributed by atoms with E-state index in [0.717, 1.165) is 6.26 Å². The van der Waals surface area contributed by atoms with E-state index in [4.69, 9.17) is 9.84 Å². The summed E-state index contributed by atoms with van der Waals surface area (Å²) in [6.45, 7) is 3.47. The lowest BCUT2D eigenvalue weighted by Gasteiger charge is -2.27. The minimum Gasteiger partial charge on any atom is -0.494 e. The molecule has 66 valence electrons. The van der Waals surface area contributed by atoms with Crippen LogP contribution in [0.15, 0.2) is 11.8 Å². The molecule has 0 amide bonds. The summed E-state index contributed by atoms with van der Waals surface area (Å²) in [6.07, 6.45) is 1.14. The normalized spacial score (nSPS) is 21.2. The average Bonchev–Trinajstić information content (AvgIpc) is 1.83. The van der Waals surface area contributed by atoms with Gasteiger partial charge >= 0.3 is 5.97 Å². The molecule has 0 aromatic carbocycles. The highest BCUT2D eigenvalue weighted by Crippen LogP contribution is 2.23. The van der Waals surface area contributed by atoms with E-state index in [2.05, 4.69) is 0 Å². The third-order valence-corrected chi connectivity index (χ3v) is 1.61. The Bertz CT molecular complexity index is 262. The van der Waals surface area contributed by atoms with Crippen molar-refractivity contribution < 1.29 is 19.4 Å². The average molecular weight is 170 g/mol. The Hall–Kier alpha value is -1.32. The van der Waals surface area contributed by atoms with E-state index in [-0.39, 0.29) is 17.8 Å². The fraction of sp³-hybridized carbons (Fsp3) is 0.500. The molecular weight excluding hydrogens is 160 g/mol. The van der Waals surface area contributed by atoms with Crippen molar-refractivity contribution in [1.29, 1.82) is 0 Å². The van der Waals surface area contributed by atoms with Crippen molar-refractivity contribution >= 4 is 11.8 Å². The lowest BCUT2D eigenvalue weighted by atomic mass is 9.95. The zero-order valence-corrected chi connectivity index (χ0v) is 6.96. The number of rotatable bonds is 1. The SMILES string of the molecule is CC1(C)CC(=O)C(C(=O)O)=CO1. The number of carbonyl (C=O) groups excluding carboxylic acids is 1. The molecule has 0 saturated carbocycles. The summed E-state index contributed by atoms with van der Waals surface area (Å²) >= 11 is 0. The zero-order valence-electron chi connectivity index (χ0n) is 6.96. The van der Waals surface area contributed by atoms with E-state index in [1.807, 2.05) is 0 Å². The molecule has 0 aromatic heterocycles. The molecule has 12 heavy (non-hydrogen) atoms. The van der Waals surface area contributed by atoms with Crippen molar-refractivity contribution in [3.63, 3.8) is 0 Å². The molecule has 1 rings (SSSR count). The first-order chi connectivity index (χ1) is 5.42. The summed E-state index contributed by atoms with van der Waals surface area (Å²) in [5.41, 5.74) is -0.843. The number of ketones is 1. The van der Waals surface area contributed by atoms with Crippen LogP contribution >= 0.6 is 0 Å². The molecule has 0 saturated heterocycles. The van der Waals surface area contributed by atoms with Crippen molar-refractivity contribution in [3.05, 3.63) is 11.8 Å². The van der Waals surface area contributed by atoms with Crippen molar-refractivity contribution in [2.75, 3.05) is 0 Å². The monoisotopic (exact) mass is 170 g/mol. The van der Waals surface area contributed by atoms with Crippen LogP contribution in [0, 0.1) is 0 Å². The van der Waals surface area contributed by atoms with Crippen LogP contribution < -0.4 is 0 Å². The molecule has 0 spiro atoms. The van der Waals surface area contributed by atoms with E-state index < -0.39 is 11.6 Å². The Balaban J connectivity index is 2.89. The highest BCUT2D eigenvalue weighted by molar-refractivity contribution is 6.17. The van der Waals surface area contributed by atoms with Crippen LogP contribution in [-0.2, 0) is 14.3 Å². The molecule has 1 heterocycles. The highest BCUT2D eigenvalue weighted by Gasteiger charge is 2.32. The quantitative estimate of drug-likeness (QED) is 0.589. The minimum atomic E-state index is -1.23. The maximum atomic E-state index is 11.1. The summed E-state index contributed by atoms with van der Waals surface area (Å²) in [4.78, 5) is 21.5. The van der Waals surface area contributed by atoms with E-state index >= 15 is 0 Å². The topological polar surface area (TPSA) is 63.6 Å². The van der Waals surface area contributed by atoms with Crippen LogP contribution in [-0.4, -0.2) is 22.5 Å². The molecule has 0 aromatic rings. The van der Waals surface area contributed by atoms with Crippen LogP contribution in [0.5, 0.6) is 0 Å². The van der Waals surface area contributed by atoms with Gasteiger partial charge in [0.05, 0.1) is 6.42 Å². The highest BCUT2D eigenvalue weighted by atomic mass is 16.5. The molecule has 4 nitrogen and oxygen atoms in total. The number of carboxylic acid groups (broad SMARTS) is 1. The van der Waals surface area contributed by atoms with Gasteiger partial charge in [-0.2, -0.15) is 0 Å². The first-order valence-electron chi connectivity index (χ1n) is 3.57. The molecule has 0 unspecified atom stereocenters. The van der Waals surface area contributed by atoms with Gasteiger partial charge in [-0.25, -0.2) is 4.79 Å². The number of Topliss-reactive ketones (excluding diaryl/α,β-unsaturated/α-hetero) is 1. The molecule has 0 bridgehead atoms. The molecule has 0 aliphatic carbocycles. The molecule has 0 atom stereocenters. The van der Waals surface area contributed by atoms with Crippen LogP contribution in [0.1, 0.15) is 20.3 Å². The van der Waals surface area contributed by atoms with Gasteiger partial charge in [-0.1, -0.05) is 0 Å². The first kappa shape index (κ1) is 8.77. The Morgan fingerprint density at radius 2 is 2.25 bits per heavy atom. The van der Waals surface area contributed by atoms with Gasteiger partial charge in [0.25, 0.3) is 0 Å². The maximum absolute atomic E-state index is 11.1. The Labute approximate surface area is 69.8 Å². The van der Waals surface area contributed by atoms with Gasteiger partial charge in [-0.15, -0.1) is 0 Å². The number of aliphatic carboxylic acids is 1. The minimum absolute atomic E-state index is 0.116. The van der Waals surface area contributed by atoms with E-state index in [0.29, 0.717) is 0 Å². The van der Waals surface area contributed by atoms with Crippen molar-refractivity contribution in [1.82, 2.24) is 0 Å². The third kappa shape index (κ3) is 1.64. The largest absolute Gasteiger partial charge is 0.494 e. The van der Waals surface area contributed by atoms with Crippen LogP contribution in [0.2, 0.25) is 0 Å². The molecule has 1 aliphatic rings. The zero-order chi connectivity index (χ0) is 9.35. The second-order valence-electron chi connectivity index (χ2n) is 3.31. The van der Waals surface area contributed by atoms with E-state index in [1.54, 1.807) is 13.8 Å². The summed E-state index contributed by atoms with van der Waals surface area (Å²) < 4.78 is 5.05. The van der Waals surface area contributed by atoms with Gasteiger partial charge in [0.15, 0.2) is 5.78 Å². The van der Waals surface area contributed by atoms with Gasteiger partial charge in [0.2, 0.25) is 0 Å². The van der Waals surface area contributed by atoms with Gasteiger partial charge in [-0.05, 0) is 13.8 Å². The molecular formula is C8H10O4. The fourth-order valence-corrected chi connectivity index (χ4v) is 0.977. The number of ether oxygens (including phenoxy) is 1. The summed E-state index contributed by atoms with van der Waals surface area (Å²) in [7, 11) is 0.